The first kappa shape index (κ1) is 26.2. The highest BCUT2D eigenvalue weighted by Crippen LogP contribution is 2.28. The average Bonchev–Trinajstić information content (AvgIpc) is 3.28. The SMILES string of the molecule is Cc1cc(C(=N)n2nc(OCc3ccc(C(=O)N4CCS(=O)(=O)CC4)cn3)c(C(C)(C)C)cc2=N)no1. The summed E-state index contributed by atoms with van der Waals surface area (Å²) in [6, 6.07) is 6.49. The van der Waals surface area contributed by atoms with Crippen LogP contribution in [0.4, 0.5) is 0 Å². The third-order valence-corrected chi connectivity index (χ3v) is 7.49. The lowest BCUT2D eigenvalue weighted by atomic mass is 9.88. The summed E-state index contributed by atoms with van der Waals surface area (Å²) in [6.07, 6.45) is 1.44. The molecule has 0 unspecified atom stereocenters. The first-order valence-electron chi connectivity index (χ1n) is 11.6. The maximum Gasteiger partial charge on any atom is 0.255 e. The lowest BCUT2D eigenvalue weighted by molar-refractivity contribution is 0.0769. The second-order valence-corrected chi connectivity index (χ2v) is 12.2. The summed E-state index contributed by atoms with van der Waals surface area (Å²) in [5, 5.41) is 25.1. The van der Waals surface area contributed by atoms with E-state index in [0.717, 1.165) is 4.68 Å². The molecule has 4 heterocycles. The van der Waals surface area contributed by atoms with Crippen molar-refractivity contribution in [2.75, 3.05) is 24.6 Å². The summed E-state index contributed by atoms with van der Waals surface area (Å²) in [6.45, 7) is 8.00. The molecule has 1 aliphatic heterocycles. The van der Waals surface area contributed by atoms with Crippen LogP contribution in [0.3, 0.4) is 0 Å². The zero-order valence-corrected chi connectivity index (χ0v) is 21.9. The number of hydrogen-bond donors (Lipinski definition) is 2. The van der Waals surface area contributed by atoms with Crippen LogP contribution in [0.15, 0.2) is 35.0 Å². The minimum absolute atomic E-state index is 0.00516. The normalized spacial score (nSPS) is 15.4. The van der Waals surface area contributed by atoms with Gasteiger partial charge in [-0.15, -0.1) is 5.10 Å². The summed E-state index contributed by atoms with van der Waals surface area (Å²) < 4.78 is 35.4. The first-order valence-corrected chi connectivity index (χ1v) is 13.5. The molecule has 3 aromatic heterocycles. The van der Waals surface area contributed by atoms with E-state index in [-0.39, 0.29) is 60.0 Å². The largest absolute Gasteiger partial charge is 0.470 e. The molecule has 0 aliphatic carbocycles. The molecule has 1 amide bonds. The summed E-state index contributed by atoms with van der Waals surface area (Å²) in [7, 11) is -3.08. The zero-order chi connectivity index (χ0) is 27.0. The Kier molecular flexibility index (Phi) is 7.00. The van der Waals surface area contributed by atoms with Gasteiger partial charge in [0, 0.05) is 30.9 Å². The molecule has 196 valence electrons. The number of aromatic nitrogens is 4. The third-order valence-electron chi connectivity index (χ3n) is 5.88. The van der Waals surface area contributed by atoms with Crippen LogP contribution in [0, 0.1) is 17.7 Å². The molecule has 3 aromatic rings. The van der Waals surface area contributed by atoms with Gasteiger partial charge in [0.15, 0.2) is 21.4 Å². The predicted octanol–water partition coefficient (Wildman–Crippen LogP) is 1.67. The van der Waals surface area contributed by atoms with Crippen LogP contribution in [0.25, 0.3) is 0 Å². The number of pyridine rings is 1. The van der Waals surface area contributed by atoms with Crippen molar-refractivity contribution in [3.63, 3.8) is 0 Å². The van der Waals surface area contributed by atoms with Gasteiger partial charge in [0.1, 0.15) is 17.9 Å². The fourth-order valence-electron chi connectivity index (χ4n) is 3.74. The summed E-state index contributed by atoms with van der Waals surface area (Å²) in [5.41, 5.74) is 1.44. The Bertz CT molecular complexity index is 1490. The minimum Gasteiger partial charge on any atom is -0.470 e. The zero-order valence-electron chi connectivity index (χ0n) is 21.1. The second kappa shape index (κ2) is 9.88. The van der Waals surface area contributed by atoms with Crippen LogP contribution in [-0.2, 0) is 21.9 Å². The van der Waals surface area contributed by atoms with Crippen LogP contribution in [0.1, 0.15) is 53.8 Å². The van der Waals surface area contributed by atoms with Crippen molar-refractivity contribution in [3.8, 4) is 5.88 Å². The molecule has 0 bridgehead atoms. The minimum atomic E-state index is -3.08. The molecule has 1 aliphatic rings. The molecule has 2 N–H and O–H groups in total. The lowest BCUT2D eigenvalue weighted by Gasteiger charge is -2.26. The van der Waals surface area contributed by atoms with Gasteiger partial charge in [-0.3, -0.25) is 20.6 Å². The number of rotatable bonds is 5. The Balaban J connectivity index is 1.52. The molecule has 12 nitrogen and oxygen atoms in total. The quantitative estimate of drug-likeness (QED) is 0.373. The Morgan fingerprint density at radius 1 is 1.19 bits per heavy atom. The van der Waals surface area contributed by atoms with Crippen LogP contribution in [0.2, 0.25) is 0 Å². The van der Waals surface area contributed by atoms with E-state index in [2.05, 4.69) is 15.2 Å². The molecule has 13 heteroatoms. The van der Waals surface area contributed by atoms with Gasteiger partial charge in [0.25, 0.3) is 5.91 Å². The third kappa shape index (κ3) is 5.93. The summed E-state index contributed by atoms with van der Waals surface area (Å²) >= 11 is 0. The van der Waals surface area contributed by atoms with Gasteiger partial charge in [0.2, 0.25) is 5.88 Å². The van der Waals surface area contributed by atoms with E-state index < -0.39 is 15.3 Å². The van der Waals surface area contributed by atoms with Crippen LogP contribution in [0.5, 0.6) is 5.88 Å². The molecule has 0 saturated carbocycles. The first-order chi connectivity index (χ1) is 17.3. The highest BCUT2D eigenvalue weighted by atomic mass is 32.2. The second-order valence-electron chi connectivity index (χ2n) is 9.85. The predicted molar refractivity (Wildman–Crippen MR) is 133 cm³/mol. The molecule has 4 rings (SSSR count). The Morgan fingerprint density at radius 3 is 2.46 bits per heavy atom. The Labute approximate surface area is 214 Å². The van der Waals surface area contributed by atoms with Gasteiger partial charge in [0.05, 0.1) is 22.8 Å². The standard InChI is InChI=1S/C24H29N7O5S/c1-15-11-19(29-36-15)21(26)31-20(25)12-18(24(2,3)4)22(28-31)35-14-17-6-5-16(13-27-17)23(32)30-7-9-37(33,34)10-8-30/h5-6,11-13,25-26H,7-10,14H2,1-4H3. The van der Waals surface area contributed by atoms with Gasteiger partial charge in [-0.1, -0.05) is 25.9 Å². The molecular formula is C24H29N7O5S. The van der Waals surface area contributed by atoms with Gasteiger partial charge in [-0.05, 0) is 30.5 Å². The number of nitrogens with one attached hydrogen (secondary N) is 2. The highest BCUT2D eigenvalue weighted by Gasteiger charge is 2.26. The van der Waals surface area contributed by atoms with Crippen molar-refractivity contribution in [3.05, 3.63) is 64.2 Å². The number of sulfone groups is 1. The van der Waals surface area contributed by atoms with E-state index in [9.17, 15) is 13.2 Å². The topological polar surface area (TPSA) is 168 Å². The molecule has 1 saturated heterocycles. The highest BCUT2D eigenvalue weighted by molar-refractivity contribution is 7.91. The molecule has 0 spiro atoms. The van der Waals surface area contributed by atoms with E-state index in [4.69, 9.17) is 20.1 Å². The van der Waals surface area contributed by atoms with Crippen LogP contribution < -0.4 is 10.2 Å². The van der Waals surface area contributed by atoms with Crippen molar-refractivity contribution in [1.82, 2.24) is 24.8 Å². The lowest BCUT2D eigenvalue weighted by Crippen LogP contribution is -2.43. The number of aryl methyl sites for hydroxylation is 1. The smallest absolute Gasteiger partial charge is 0.255 e. The van der Waals surface area contributed by atoms with Crippen LogP contribution in [-0.4, -0.2) is 69.6 Å². The maximum absolute atomic E-state index is 12.7. The average molecular weight is 528 g/mol. The van der Waals surface area contributed by atoms with Crippen molar-refractivity contribution in [2.45, 2.75) is 39.7 Å². The fraction of sp³-hybridized carbons (Fsp3) is 0.417. The number of hydrogen-bond acceptors (Lipinski definition) is 10. The molecule has 0 atom stereocenters. The van der Waals surface area contributed by atoms with Crippen molar-refractivity contribution < 1.29 is 22.5 Å². The van der Waals surface area contributed by atoms with E-state index in [1.54, 1.807) is 31.2 Å². The van der Waals surface area contributed by atoms with Gasteiger partial charge in [-0.2, -0.15) is 4.68 Å². The van der Waals surface area contributed by atoms with Gasteiger partial charge < -0.3 is 14.2 Å². The van der Waals surface area contributed by atoms with Gasteiger partial charge in [-0.25, -0.2) is 8.42 Å². The Morgan fingerprint density at radius 2 is 1.89 bits per heavy atom. The van der Waals surface area contributed by atoms with E-state index in [0.29, 0.717) is 22.6 Å². The molecule has 0 aromatic carbocycles. The molecule has 37 heavy (non-hydrogen) atoms. The maximum atomic E-state index is 12.7. The van der Waals surface area contributed by atoms with Gasteiger partial charge >= 0.3 is 0 Å². The van der Waals surface area contributed by atoms with Crippen molar-refractivity contribution >= 4 is 21.6 Å². The number of amides is 1. The molecule has 0 radical (unpaired) electrons. The van der Waals surface area contributed by atoms with Crippen molar-refractivity contribution in [2.24, 2.45) is 0 Å². The van der Waals surface area contributed by atoms with Crippen LogP contribution >= 0.6 is 0 Å². The van der Waals surface area contributed by atoms with E-state index >= 15 is 0 Å². The van der Waals surface area contributed by atoms with E-state index in [1.165, 1.54) is 11.1 Å². The number of carbonyl (C=O) groups is 1. The van der Waals surface area contributed by atoms with Crippen molar-refractivity contribution in [1.29, 1.82) is 10.8 Å². The number of ether oxygens (including phenoxy) is 1. The fourth-order valence-corrected chi connectivity index (χ4v) is 4.94. The molecule has 1 fully saturated rings. The summed E-state index contributed by atoms with van der Waals surface area (Å²) in [5.74, 6) is 0.315. The monoisotopic (exact) mass is 527 g/mol. The van der Waals surface area contributed by atoms with E-state index in [1.807, 2.05) is 20.8 Å². The number of nitrogens with zero attached hydrogens (tertiary/aromatic N) is 5. The number of carbonyl (C=O) groups excluding carboxylic acids is 1. The molecular weight excluding hydrogens is 498 g/mol. The Hall–Kier alpha value is -3.87. The summed E-state index contributed by atoms with van der Waals surface area (Å²) in [4.78, 5) is 18.5.